The van der Waals surface area contributed by atoms with E-state index in [2.05, 4.69) is 15.7 Å². The van der Waals surface area contributed by atoms with Gasteiger partial charge >= 0.3 is 6.03 Å². The number of carbonyl (C=O) groups is 1. The summed E-state index contributed by atoms with van der Waals surface area (Å²) in [4.78, 5) is 12.4. The molecule has 0 spiro atoms. The van der Waals surface area contributed by atoms with E-state index in [4.69, 9.17) is 0 Å². The second-order valence-corrected chi connectivity index (χ2v) is 9.23. The number of hydrogen-bond donors (Lipinski definition) is 2. The third-order valence-corrected chi connectivity index (χ3v) is 7.16. The van der Waals surface area contributed by atoms with Gasteiger partial charge in [-0.15, -0.1) is 0 Å². The summed E-state index contributed by atoms with van der Waals surface area (Å²) in [5.74, 6) is 0. The average molecular weight is 456 g/mol. The van der Waals surface area contributed by atoms with E-state index in [0.29, 0.717) is 32.7 Å². The van der Waals surface area contributed by atoms with Crippen molar-refractivity contribution in [2.75, 3.05) is 13.1 Å². The van der Waals surface area contributed by atoms with Crippen molar-refractivity contribution in [1.29, 1.82) is 0 Å². The van der Waals surface area contributed by atoms with E-state index < -0.39 is 10.0 Å². The lowest BCUT2D eigenvalue weighted by Crippen LogP contribution is -2.34. The summed E-state index contributed by atoms with van der Waals surface area (Å²) in [6.07, 6.45) is 3.66. The molecule has 32 heavy (non-hydrogen) atoms. The number of nitrogens with zero attached hydrogens (tertiary/aromatic N) is 3. The van der Waals surface area contributed by atoms with E-state index in [-0.39, 0.29) is 10.9 Å². The zero-order chi connectivity index (χ0) is 23.0. The number of benzene rings is 2. The van der Waals surface area contributed by atoms with Crippen LogP contribution in [0.2, 0.25) is 0 Å². The van der Waals surface area contributed by atoms with Crippen LogP contribution in [0.5, 0.6) is 0 Å². The zero-order valence-electron chi connectivity index (χ0n) is 18.4. The van der Waals surface area contributed by atoms with Crippen molar-refractivity contribution >= 4 is 16.1 Å². The summed E-state index contributed by atoms with van der Waals surface area (Å²) in [6.45, 7) is 5.90. The summed E-state index contributed by atoms with van der Waals surface area (Å²) in [5.41, 5.74) is 2.95. The molecule has 0 aliphatic heterocycles. The molecule has 2 N–H and O–H groups in total. The largest absolute Gasteiger partial charge is 0.334 e. The molecular weight excluding hydrogens is 426 g/mol. The Labute approximate surface area is 189 Å². The van der Waals surface area contributed by atoms with Crippen LogP contribution < -0.4 is 10.6 Å². The van der Waals surface area contributed by atoms with E-state index in [1.54, 1.807) is 30.5 Å². The Morgan fingerprint density at radius 2 is 1.44 bits per heavy atom. The first-order valence-electron chi connectivity index (χ1n) is 10.6. The minimum atomic E-state index is -3.48. The normalized spacial score (nSPS) is 11.5. The summed E-state index contributed by atoms with van der Waals surface area (Å²) < 4.78 is 28.3. The van der Waals surface area contributed by atoms with Crippen LogP contribution in [0.3, 0.4) is 0 Å². The molecule has 0 fully saturated rings. The Morgan fingerprint density at radius 3 is 1.94 bits per heavy atom. The highest BCUT2D eigenvalue weighted by atomic mass is 32.2. The fourth-order valence-electron chi connectivity index (χ4n) is 3.26. The third kappa shape index (κ3) is 6.18. The SMILES string of the molecule is CCN(CC)S(=O)(=O)c1ccc(CNC(=O)NCc2ccc(Cn3cccn3)cc2)cc1. The van der Waals surface area contributed by atoms with Crippen LogP contribution in [0.15, 0.2) is 71.9 Å². The number of carbonyl (C=O) groups excluding carboxylic acids is 1. The summed E-state index contributed by atoms with van der Waals surface area (Å²) >= 11 is 0. The third-order valence-electron chi connectivity index (χ3n) is 5.10. The fraction of sp³-hybridized carbons (Fsp3) is 0.304. The van der Waals surface area contributed by atoms with Gasteiger partial charge in [0.2, 0.25) is 10.0 Å². The van der Waals surface area contributed by atoms with Crippen molar-refractivity contribution in [1.82, 2.24) is 24.7 Å². The quantitative estimate of drug-likeness (QED) is 0.491. The Balaban J connectivity index is 1.45. The predicted molar refractivity (Wildman–Crippen MR) is 123 cm³/mol. The van der Waals surface area contributed by atoms with Gasteiger partial charge in [-0.05, 0) is 34.9 Å². The van der Waals surface area contributed by atoms with E-state index in [1.165, 1.54) is 4.31 Å². The van der Waals surface area contributed by atoms with Crippen LogP contribution >= 0.6 is 0 Å². The number of hydrogen-bond acceptors (Lipinski definition) is 4. The highest BCUT2D eigenvalue weighted by Crippen LogP contribution is 2.16. The number of nitrogens with one attached hydrogen (secondary N) is 2. The maximum atomic E-state index is 12.5. The van der Waals surface area contributed by atoms with Crippen molar-refractivity contribution in [3.63, 3.8) is 0 Å². The van der Waals surface area contributed by atoms with E-state index in [0.717, 1.165) is 16.7 Å². The fourth-order valence-corrected chi connectivity index (χ4v) is 4.72. The standard InChI is InChI=1S/C23H29N5O3S/c1-3-28(4-2)32(30,31)22-12-10-20(11-13-22)17-25-23(29)24-16-19-6-8-21(9-7-19)18-27-15-5-14-26-27/h5-15H,3-4,16-18H2,1-2H3,(H2,24,25,29). The number of sulfonamides is 1. The highest BCUT2D eigenvalue weighted by molar-refractivity contribution is 7.89. The van der Waals surface area contributed by atoms with Crippen molar-refractivity contribution in [3.05, 3.63) is 83.7 Å². The van der Waals surface area contributed by atoms with Gasteiger partial charge in [-0.3, -0.25) is 4.68 Å². The van der Waals surface area contributed by atoms with E-state index in [1.807, 2.05) is 55.1 Å². The maximum absolute atomic E-state index is 12.5. The molecule has 0 radical (unpaired) electrons. The molecule has 0 saturated carbocycles. The van der Waals surface area contributed by atoms with Crippen LogP contribution in [0, 0.1) is 0 Å². The van der Waals surface area contributed by atoms with Gasteiger partial charge in [0.15, 0.2) is 0 Å². The molecule has 1 heterocycles. The smallest absolute Gasteiger partial charge is 0.315 e. The molecule has 0 aliphatic rings. The van der Waals surface area contributed by atoms with Crippen LogP contribution in [0.4, 0.5) is 4.79 Å². The summed E-state index contributed by atoms with van der Waals surface area (Å²) in [6, 6.07) is 16.2. The first-order chi connectivity index (χ1) is 15.4. The topological polar surface area (TPSA) is 96.3 Å². The molecule has 0 saturated heterocycles. The van der Waals surface area contributed by atoms with E-state index in [9.17, 15) is 13.2 Å². The lowest BCUT2D eigenvalue weighted by atomic mass is 10.1. The number of rotatable bonds is 10. The second kappa shape index (κ2) is 10.9. The molecule has 3 aromatic rings. The molecule has 0 aliphatic carbocycles. The monoisotopic (exact) mass is 455 g/mol. The molecule has 2 amide bonds. The average Bonchev–Trinajstić information content (AvgIpc) is 3.31. The molecule has 8 nitrogen and oxygen atoms in total. The van der Waals surface area contributed by atoms with Gasteiger partial charge in [0, 0.05) is 38.6 Å². The lowest BCUT2D eigenvalue weighted by Gasteiger charge is -2.18. The Kier molecular flexibility index (Phi) is 8.02. The second-order valence-electron chi connectivity index (χ2n) is 7.29. The van der Waals surface area contributed by atoms with Gasteiger partial charge in [0.25, 0.3) is 0 Å². The molecule has 0 atom stereocenters. The Hall–Kier alpha value is -3.17. The molecular formula is C23H29N5O3S. The van der Waals surface area contributed by atoms with Crippen molar-refractivity contribution in [2.24, 2.45) is 0 Å². The van der Waals surface area contributed by atoms with Gasteiger partial charge in [-0.1, -0.05) is 50.2 Å². The van der Waals surface area contributed by atoms with Crippen molar-refractivity contribution in [3.8, 4) is 0 Å². The summed E-state index contributed by atoms with van der Waals surface area (Å²) in [7, 11) is -3.48. The molecule has 1 aromatic heterocycles. The molecule has 0 bridgehead atoms. The maximum Gasteiger partial charge on any atom is 0.315 e. The van der Waals surface area contributed by atoms with Gasteiger partial charge in [-0.2, -0.15) is 9.40 Å². The predicted octanol–water partition coefficient (Wildman–Crippen LogP) is 2.96. The molecule has 3 rings (SSSR count). The number of aromatic nitrogens is 2. The molecule has 0 unspecified atom stereocenters. The minimum Gasteiger partial charge on any atom is -0.334 e. The molecule has 9 heteroatoms. The summed E-state index contributed by atoms with van der Waals surface area (Å²) in [5, 5.41) is 9.81. The van der Waals surface area contributed by atoms with Crippen molar-refractivity contribution in [2.45, 2.75) is 38.4 Å². The zero-order valence-corrected chi connectivity index (χ0v) is 19.2. The molecule has 170 valence electrons. The van der Waals surface area contributed by atoms with Gasteiger partial charge in [-0.25, -0.2) is 13.2 Å². The first-order valence-corrected chi connectivity index (χ1v) is 12.0. The van der Waals surface area contributed by atoms with Crippen LogP contribution in [0.1, 0.15) is 30.5 Å². The Bertz CT molecular complexity index is 1090. The highest BCUT2D eigenvalue weighted by Gasteiger charge is 2.21. The van der Waals surface area contributed by atoms with Gasteiger partial charge < -0.3 is 10.6 Å². The van der Waals surface area contributed by atoms with Crippen molar-refractivity contribution < 1.29 is 13.2 Å². The van der Waals surface area contributed by atoms with Crippen LogP contribution in [-0.4, -0.2) is 41.6 Å². The van der Waals surface area contributed by atoms with E-state index >= 15 is 0 Å². The first kappa shape index (κ1) is 23.5. The molecule has 2 aromatic carbocycles. The van der Waals surface area contributed by atoms with Gasteiger partial charge in [0.05, 0.1) is 11.4 Å². The number of urea groups is 1. The number of amides is 2. The minimum absolute atomic E-state index is 0.255. The van der Waals surface area contributed by atoms with Crippen LogP contribution in [0.25, 0.3) is 0 Å². The van der Waals surface area contributed by atoms with Crippen LogP contribution in [-0.2, 0) is 29.7 Å². The van der Waals surface area contributed by atoms with Gasteiger partial charge in [0.1, 0.15) is 0 Å². The Morgan fingerprint density at radius 1 is 0.906 bits per heavy atom. The lowest BCUT2D eigenvalue weighted by molar-refractivity contribution is 0.240.